The fourth-order valence-electron chi connectivity index (χ4n) is 2.36. The summed E-state index contributed by atoms with van der Waals surface area (Å²) in [5, 5.41) is 1.72. The van der Waals surface area contributed by atoms with E-state index in [-0.39, 0.29) is 0 Å². The molecule has 0 atom stereocenters. The summed E-state index contributed by atoms with van der Waals surface area (Å²) in [5.41, 5.74) is 2.43. The van der Waals surface area contributed by atoms with Crippen LogP contribution in [0.5, 0.6) is 0 Å². The van der Waals surface area contributed by atoms with Gasteiger partial charge in [-0.15, -0.1) is 0 Å². The molecule has 107 valence electrons. The molecule has 0 radical (unpaired) electrons. The minimum absolute atomic E-state index is 0.478. The first-order valence-corrected chi connectivity index (χ1v) is 13.1. The van der Waals surface area contributed by atoms with E-state index in [1.54, 1.807) is 0 Å². The fourth-order valence-corrected chi connectivity index (χ4v) is 8.83. The zero-order valence-corrected chi connectivity index (χ0v) is 16.3. The normalized spacial score (nSPS) is 10.0. The number of hydrogen-bond acceptors (Lipinski definition) is 4. The summed E-state index contributed by atoms with van der Waals surface area (Å²) in [4.78, 5) is 11.7. The second-order valence-corrected chi connectivity index (χ2v) is 11.9. The van der Waals surface area contributed by atoms with Crippen LogP contribution >= 0.6 is 25.6 Å². The van der Waals surface area contributed by atoms with E-state index >= 15 is 0 Å². The Bertz CT molecular complexity index is 525. The molecule has 0 bridgehead atoms. The molecule has 2 aromatic carbocycles. The minimum atomic E-state index is -2.56. The Hall–Kier alpha value is -0.967. The molecular weight excluding hydrogens is 356 g/mol. The fraction of sp³-hybridized carbons (Fsp3) is 0.133. The van der Waals surface area contributed by atoms with E-state index in [0.29, 0.717) is 0 Å². The molecule has 21 heavy (non-hydrogen) atoms. The van der Waals surface area contributed by atoms with E-state index in [1.807, 2.05) is 36.4 Å². The molecule has 0 aliphatic heterocycles. The molecule has 3 nitrogen and oxygen atoms in total. The first-order chi connectivity index (χ1) is 10.1. The van der Waals surface area contributed by atoms with Crippen molar-refractivity contribution in [2.75, 3.05) is 0 Å². The molecule has 0 fully saturated rings. The summed E-state index contributed by atoms with van der Waals surface area (Å²) < 4.78 is 6.56. The van der Waals surface area contributed by atoms with Crippen molar-refractivity contribution in [3.05, 3.63) is 71.8 Å². The molecular formula is C15H16NO2S2Zn. The third-order valence-electron chi connectivity index (χ3n) is 3.31. The van der Waals surface area contributed by atoms with Crippen molar-refractivity contribution in [2.45, 2.75) is 10.0 Å². The standard InChI is InChI=1S/2C7H7.CH3NO2S2.Zn/c2*1-7-5-3-2-4-6-7;3-1(4)2(5)6;/h2*2-6H,1H2;5-6H,(H,3,4);/q;;;+1/p-1. The van der Waals surface area contributed by atoms with Crippen molar-refractivity contribution in [2.24, 2.45) is 0 Å². The molecule has 0 aromatic heterocycles. The molecule has 0 aliphatic carbocycles. The average molecular weight is 372 g/mol. The monoisotopic (exact) mass is 370 g/mol. The summed E-state index contributed by atoms with van der Waals surface area (Å²) in [7, 11) is 0. The number of carbonyl (C=O) groups excluding carboxylic acids is 1. The average Bonchev–Trinajstić information content (AvgIpc) is 2.49. The summed E-state index contributed by atoms with van der Waals surface area (Å²) in [6.07, 6.45) is -0.478. The van der Waals surface area contributed by atoms with Crippen molar-refractivity contribution in [3.8, 4) is 0 Å². The second kappa shape index (κ2) is 8.47. The van der Waals surface area contributed by atoms with Gasteiger partial charge < -0.3 is 0 Å². The predicted molar refractivity (Wildman–Crippen MR) is 86.6 cm³/mol. The van der Waals surface area contributed by atoms with Gasteiger partial charge in [-0.05, 0) is 0 Å². The van der Waals surface area contributed by atoms with Gasteiger partial charge in [0.05, 0.1) is 0 Å². The van der Waals surface area contributed by atoms with Crippen molar-refractivity contribution in [1.29, 1.82) is 0 Å². The number of amides is 1. The Morgan fingerprint density at radius 1 is 0.905 bits per heavy atom. The van der Waals surface area contributed by atoms with Crippen LogP contribution in [0.15, 0.2) is 60.7 Å². The van der Waals surface area contributed by atoms with Gasteiger partial charge in [0.1, 0.15) is 0 Å². The van der Waals surface area contributed by atoms with Gasteiger partial charge in [0.15, 0.2) is 0 Å². The summed E-state index contributed by atoms with van der Waals surface area (Å²) in [6.45, 7) is 0. The zero-order valence-electron chi connectivity index (χ0n) is 11.6. The van der Waals surface area contributed by atoms with Gasteiger partial charge in [-0.2, -0.15) is 0 Å². The van der Waals surface area contributed by atoms with E-state index in [2.05, 4.69) is 49.9 Å². The number of rotatable bonds is 5. The van der Waals surface area contributed by atoms with Crippen LogP contribution in [-0.2, 0) is 29.9 Å². The Balaban J connectivity index is 2.08. The first kappa shape index (κ1) is 16.4. The summed E-state index contributed by atoms with van der Waals surface area (Å²) in [5.74, 6) is 0. The van der Waals surface area contributed by atoms with Gasteiger partial charge in [0, 0.05) is 0 Å². The Morgan fingerprint density at radius 2 is 1.33 bits per heavy atom. The quantitative estimate of drug-likeness (QED) is 0.613. The molecule has 2 aromatic rings. The molecule has 0 saturated carbocycles. The van der Waals surface area contributed by atoms with E-state index in [9.17, 15) is 4.79 Å². The van der Waals surface area contributed by atoms with E-state index in [4.69, 9.17) is 3.56 Å². The Morgan fingerprint density at radius 3 is 1.71 bits per heavy atom. The van der Waals surface area contributed by atoms with Crippen LogP contribution in [0.1, 0.15) is 11.1 Å². The van der Waals surface area contributed by atoms with Gasteiger partial charge in [-0.1, -0.05) is 0 Å². The number of thiol groups is 2. The SMILES string of the molecule is O=C([O][Zn]([CH2]c1ccccc1)[CH2]c1ccccc1)N(S)S. The molecule has 1 amide bonds. The Kier molecular flexibility index (Phi) is 6.62. The summed E-state index contributed by atoms with van der Waals surface area (Å²) >= 11 is 5.20. The van der Waals surface area contributed by atoms with Crippen LogP contribution in [-0.4, -0.2) is 9.80 Å². The molecule has 0 spiro atoms. The van der Waals surface area contributed by atoms with Gasteiger partial charge in [-0.25, -0.2) is 0 Å². The van der Waals surface area contributed by atoms with Gasteiger partial charge in [0.25, 0.3) is 0 Å². The van der Waals surface area contributed by atoms with Gasteiger partial charge in [-0.3, -0.25) is 0 Å². The molecule has 6 heteroatoms. The van der Waals surface area contributed by atoms with Crippen LogP contribution < -0.4 is 0 Å². The first-order valence-electron chi connectivity index (χ1n) is 6.85. The van der Waals surface area contributed by atoms with Crippen LogP contribution in [0.25, 0.3) is 0 Å². The topological polar surface area (TPSA) is 29.5 Å². The number of benzene rings is 2. The number of hydrogen-bond donors (Lipinski definition) is 2. The van der Waals surface area contributed by atoms with Gasteiger partial charge >= 0.3 is 142 Å². The van der Waals surface area contributed by atoms with Crippen molar-refractivity contribution >= 4 is 31.7 Å². The Labute approximate surface area is 141 Å². The molecule has 2 rings (SSSR count). The molecule has 0 N–H and O–H groups in total. The predicted octanol–water partition coefficient (Wildman–Crippen LogP) is 4.05. The molecule has 0 saturated heterocycles. The molecule has 0 aliphatic rings. The van der Waals surface area contributed by atoms with E-state index in [1.165, 1.54) is 11.1 Å². The molecule has 0 heterocycles. The van der Waals surface area contributed by atoms with Crippen LogP contribution in [0.4, 0.5) is 4.79 Å². The van der Waals surface area contributed by atoms with E-state index in [0.717, 1.165) is 13.7 Å². The van der Waals surface area contributed by atoms with Gasteiger partial charge in [0.2, 0.25) is 0 Å². The second-order valence-electron chi connectivity index (χ2n) is 4.93. The van der Waals surface area contributed by atoms with E-state index < -0.39 is 22.4 Å². The van der Waals surface area contributed by atoms with Crippen molar-refractivity contribution < 1.29 is 24.7 Å². The molecule has 0 unspecified atom stereocenters. The van der Waals surface area contributed by atoms with Crippen LogP contribution in [0.3, 0.4) is 0 Å². The maximum absolute atomic E-state index is 11.7. The summed E-state index contributed by atoms with van der Waals surface area (Å²) in [6, 6.07) is 20.3. The number of nitrogens with zero attached hydrogens (tertiary/aromatic N) is 1. The third kappa shape index (κ3) is 5.73. The van der Waals surface area contributed by atoms with Crippen molar-refractivity contribution in [1.82, 2.24) is 3.71 Å². The van der Waals surface area contributed by atoms with Crippen LogP contribution in [0, 0.1) is 0 Å². The van der Waals surface area contributed by atoms with Crippen molar-refractivity contribution in [3.63, 3.8) is 0 Å². The van der Waals surface area contributed by atoms with Crippen LogP contribution in [0.2, 0.25) is 0 Å². The zero-order chi connectivity index (χ0) is 15.1. The number of carbonyl (C=O) groups is 1. The maximum atomic E-state index is 11.7. The third-order valence-corrected chi connectivity index (χ3v) is 9.78.